The molecule has 21 heavy (non-hydrogen) atoms. The van der Waals surface area contributed by atoms with Crippen molar-refractivity contribution in [3.05, 3.63) is 35.9 Å². The Kier molecular flexibility index (Phi) is 7.29. The summed E-state index contributed by atoms with van der Waals surface area (Å²) in [5.74, 6) is -0.591. The highest BCUT2D eigenvalue weighted by Crippen LogP contribution is 2.32. The van der Waals surface area contributed by atoms with E-state index < -0.39 is 12.0 Å². The van der Waals surface area contributed by atoms with Gasteiger partial charge in [-0.2, -0.15) is 8.78 Å². The molecule has 0 heterocycles. The van der Waals surface area contributed by atoms with E-state index in [0.717, 1.165) is 12.6 Å². The molecule has 3 nitrogen and oxygen atoms in total. The molecule has 114 valence electrons. The Hall–Kier alpha value is -2.04. The molecule has 0 unspecified atom stereocenters. The van der Waals surface area contributed by atoms with E-state index in [4.69, 9.17) is 4.74 Å². The molecule has 0 saturated heterocycles. The Balaban J connectivity index is 3.08. The second-order valence-electron chi connectivity index (χ2n) is 4.37. The lowest BCUT2D eigenvalue weighted by atomic mass is 10.00. The van der Waals surface area contributed by atoms with Gasteiger partial charge in [0.1, 0.15) is 6.21 Å². The van der Waals surface area contributed by atoms with Crippen LogP contribution in [0, 0.1) is 0 Å². The van der Waals surface area contributed by atoms with Gasteiger partial charge in [0.15, 0.2) is 0 Å². The lowest BCUT2D eigenvalue weighted by Gasteiger charge is -2.09. The minimum absolute atomic E-state index is 0.0199. The fraction of sp³-hybridized carbons (Fsp3) is 0.375. The molecule has 0 aliphatic heterocycles. The molecule has 0 aromatic heterocycles. The number of para-hydroxylation sites is 1. The van der Waals surface area contributed by atoms with Gasteiger partial charge in [0.05, 0.1) is 12.3 Å². The zero-order valence-electron chi connectivity index (χ0n) is 12.2. The van der Waals surface area contributed by atoms with Crippen LogP contribution in [0.1, 0.15) is 38.7 Å². The summed E-state index contributed by atoms with van der Waals surface area (Å²) in [4.78, 5) is 15.2. The predicted molar refractivity (Wildman–Crippen MR) is 79.9 cm³/mol. The second-order valence-corrected chi connectivity index (χ2v) is 4.37. The van der Waals surface area contributed by atoms with Crippen molar-refractivity contribution in [2.45, 2.75) is 33.1 Å². The summed E-state index contributed by atoms with van der Waals surface area (Å²) in [6.45, 7) is 3.87. The van der Waals surface area contributed by atoms with Gasteiger partial charge in [0.2, 0.25) is 0 Å². The quantitative estimate of drug-likeness (QED) is 0.538. The van der Waals surface area contributed by atoms with Crippen molar-refractivity contribution in [3.8, 4) is 0 Å². The highest BCUT2D eigenvalue weighted by atomic mass is 19.3. The van der Waals surface area contributed by atoms with Crippen molar-refractivity contribution < 1.29 is 18.3 Å². The zero-order chi connectivity index (χ0) is 15.7. The summed E-state index contributed by atoms with van der Waals surface area (Å²) in [5.41, 5.74) is 0.671. The van der Waals surface area contributed by atoms with Crippen LogP contribution in [0.15, 0.2) is 35.3 Å². The second kappa shape index (κ2) is 9.00. The first-order valence-electron chi connectivity index (χ1n) is 6.94. The first-order chi connectivity index (χ1) is 10.1. The fourth-order valence-corrected chi connectivity index (χ4v) is 1.83. The number of esters is 1. The standard InChI is InChI=1S/C16H19F2NO2/c1-3-5-8-13(16(17)18)12-9-6-7-10-14(12)19-11-15(20)21-4-2/h6-7,9-11H,3-5,8H2,1-2H3. The Bertz CT molecular complexity index is 535. The third-order valence-corrected chi connectivity index (χ3v) is 2.83. The number of carbonyl (C=O) groups excluding carboxylic acids is 1. The van der Waals surface area contributed by atoms with Crippen LogP contribution in [-0.2, 0) is 9.53 Å². The van der Waals surface area contributed by atoms with E-state index in [1.165, 1.54) is 0 Å². The highest BCUT2D eigenvalue weighted by Gasteiger charge is 2.12. The molecule has 0 fully saturated rings. The van der Waals surface area contributed by atoms with Crippen molar-refractivity contribution in [2.24, 2.45) is 4.99 Å². The molecule has 1 aromatic carbocycles. The molecule has 0 saturated carbocycles. The maximum Gasteiger partial charge on any atom is 0.349 e. The minimum atomic E-state index is -1.71. The molecule has 0 bridgehead atoms. The molecule has 0 radical (unpaired) electrons. The third-order valence-electron chi connectivity index (χ3n) is 2.83. The molecule has 0 N–H and O–H groups in total. The molecule has 0 aliphatic carbocycles. The average molecular weight is 295 g/mol. The number of benzene rings is 1. The van der Waals surface area contributed by atoms with Crippen LogP contribution in [0.5, 0.6) is 0 Å². The van der Waals surface area contributed by atoms with Gasteiger partial charge in [0.25, 0.3) is 6.08 Å². The van der Waals surface area contributed by atoms with Crippen LogP contribution >= 0.6 is 0 Å². The summed E-state index contributed by atoms with van der Waals surface area (Å²) in [7, 11) is 0. The molecule has 5 heteroatoms. The maximum absolute atomic E-state index is 13.1. The topological polar surface area (TPSA) is 38.7 Å². The Labute approximate surface area is 123 Å². The van der Waals surface area contributed by atoms with Crippen LogP contribution in [-0.4, -0.2) is 18.8 Å². The van der Waals surface area contributed by atoms with Crippen LogP contribution in [0.3, 0.4) is 0 Å². The van der Waals surface area contributed by atoms with Crippen LogP contribution in [0.4, 0.5) is 14.5 Å². The Morgan fingerprint density at radius 2 is 2.00 bits per heavy atom. The summed E-state index contributed by atoms with van der Waals surface area (Å²) >= 11 is 0. The van der Waals surface area contributed by atoms with Crippen LogP contribution in [0.2, 0.25) is 0 Å². The van der Waals surface area contributed by atoms with Gasteiger partial charge in [-0.3, -0.25) is 0 Å². The summed E-state index contributed by atoms with van der Waals surface area (Å²) < 4.78 is 31.0. The van der Waals surface area contributed by atoms with Crippen molar-refractivity contribution in [2.75, 3.05) is 6.61 Å². The number of rotatable bonds is 7. The van der Waals surface area contributed by atoms with Crippen LogP contribution < -0.4 is 0 Å². The summed E-state index contributed by atoms with van der Waals surface area (Å²) in [5, 5.41) is 0. The molecule has 1 aromatic rings. The maximum atomic E-state index is 13.1. The minimum Gasteiger partial charge on any atom is -0.462 e. The summed E-state index contributed by atoms with van der Waals surface area (Å²) in [6.07, 6.45) is 1.08. The van der Waals surface area contributed by atoms with Gasteiger partial charge >= 0.3 is 5.97 Å². The number of halogens is 2. The van der Waals surface area contributed by atoms with E-state index in [-0.39, 0.29) is 18.6 Å². The van der Waals surface area contributed by atoms with Gasteiger partial charge in [-0.05, 0) is 25.8 Å². The van der Waals surface area contributed by atoms with E-state index in [1.54, 1.807) is 31.2 Å². The number of unbranched alkanes of at least 4 members (excludes halogenated alkanes) is 1. The number of nitrogens with zero attached hydrogens (tertiary/aromatic N) is 1. The molecular formula is C16H19F2NO2. The van der Waals surface area contributed by atoms with Gasteiger partial charge in [-0.25, -0.2) is 9.79 Å². The lowest BCUT2D eigenvalue weighted by molar-refractivity contribution is -0.134. The zero-order valence-corrected chi connectivity index (χ0v) is 12.2. The number of ether oxygens (including phenoxy) is 1. The highest BCUT2D eigenvalue weighted by molar-refractivity contribution is 6.23. The predicted octanol–water partition coefficient (Wildman–Crippen LogP) is 4.75. The molecule has 0 aliphatic rings. The first-order valence-corrected chi connectivity index (χ1v) is 6.94. The largest absolute Gasteiger partial charge is 0.462 e. The Morgan fingerprint density at radius 3 is 2.62 bits per heavy atom. The number of carbonyl (C=O) groups is 1. The molecule has 0 spiro atoms. The van der Waals surface area contributed by atoms with Crippen molar-refractivity contribution in [1.29, 1.82) is 0 Å². The molecule has 1 rings (SSSR count). The Morgan fingerprint density at radius 1 is 1.29 bits per heavy atom. The monoisotopic (exact) mass is 295 g/mol. The van der Waals surface area contributed by atoms with E-state index in [9.17, 15) is 13.6 Å². The van der Waals surface area contributed by atoms with E-state index >= 15 is 0 Å². The van der Waals surface area contributed by atoms with Gasteiger partial charge in [0, 0.05) is 11.1 Å². The first kappa shape index (κ1) is 17.0. The fourth-order valence-electron chi connectivity index (χ4n) is 1.83. The van der Waals surface area contributed by atoms with Crippen molar-refractivity contribution >= 4 is 23.4 Å². The number of allylic oxidation sites excluding steroid dienone is 1. The van der Waals surface area contributed by atoms with Crippen molar-refractivity contribution in [1.82, 2.24) is 0 Å². The van der Waals surface area contributed by atoms with Crippen LogP contribution in [0.25, 0.3) is 5.57 Å². The summed E-state index contributed by atoms with van der Waals surface area (Å²) in [6, 6.07) is 6.55. The SMILES string of the molecule is CCCCC(=C(F)F)c1ccccc1N=CC(=O)OCC. The average Bonchev–Trinajstić information content (AvgIpc) is 2.46. The molecule has 0 amide bonds. The number of aliphatic imine (C=N–C) groups is 1. The van der Waals surface area contributed by atoms with E-state index in [1.807, 2.05) is 6.92 Å². The lowest BCUT2D eigenvalue weighted by Crippen LogP contribution is -2.04. The van der Waals surface area contributed by atoms with E-state index in [2.05, 4.69) is 4.99 Å². The molecular weight excluding hydrogens is 276 g/mol. The molecule has 0 atom stereocenters. The van der Waals surface area contributed by atoms with Gasteiger partial charge in [-0.15, -0.1) is 0 Å². The van der Waals surface area contributed by atoms with Gasteiger partial charge in [-0.1, -0.05) is 31.5 Å². The van der Waals surface area contributed by atoms with Gasteiger partial charge < -0.3 is 4.74 Å². The normalized spacial score (nSPS) is 10.7. The van der Waals surface area contributed by atoms with E-state index in [0.29, 0.717) is 17.7 Å². The smallest absolute Gasteiger partial charge is 0.349 e. The number of hydrogen-bond acceptors (Lipinski definition) is 3. The van der Waals surface area contributed by atoms with Crippen molar-refractivity contribution in [3.63, 3.8) is 0 Å². The third kappa shape index (κ3) is 5.45. The number of hydrogen-bond donors (Lipinski definition) is 0.